The lowest BCUT2D eigenvalue weighted by Crippen LogP contribution is -2.26. The molecule has 34 heavy (non-hydrogen) atoms. The Labute approximate surface area is 198 Å². The van der Waals surface area contributed by atoms with Crippen LogP contribution in [0.15, 0.2) is 73.3 Å². The van der Waals surface area contributed by atoms with Gasteiger partial charge in [-0.3, -0.25) is 9.36 Å². The molecule has 2 aromatic heterocycles. The van der Waals surface area contributed by atoms with E-state index in [2.05, 4.69) is 20.3 Å². The molecule has 5 rings (SSSR count). The Morgan fingerprint density at radius 3 is 2.62 bits per heavy atom. The van der Waals surface area contributed by atoms with E-state index in [1.165, 1.54) is 12.7 Å². The van der Waals surface area contributed by atoms with Gasteiger partial charge in [0, 0.05) is 14.7 Å². The standard InChI is InChI=1S/C25H23N5O4/c1-2-18-19(34-25(32)17-11-7-4-8-12-17)13-20(33-18)30-15-28-21-22(26-14-27-23(21)30)29-24(31)16-9-5-3-6-10-16/h3-12,14-15,18-20H,2,13H2,1H3,(H,26,27,29,31)/t18-,19?,20-/m1/s1/i1T,2D/t2?,18-,19?,20-. The maximum absolute atomic E-state index is 12.7. The monoisotopic (exact) mass is 460 g/mol. The average Bonchev–Trinajstić information content (AvgIpc) is 3.54. The van der Waals surface area contributed by atoms with Gasteiger partial charge >= 0.3 is 5.97 Å². The van der Waals surface area contributed by atoms with E-state index in [1.807, 2.05) is 6.07 Å². The van der Waals surface area contributed by atoms with E-state index in [4.69, 9.17) is 12.2 Å². The first-order valence-electron chi connectivity index (χ1n) is 12.0. The van der Waals surface area contributed by atoms with Crippen molar-refractivity contribution in [2.45, 2.75) is 38.2 Å². The highest BCUT2D eigenvalue weighted by Gasteiger charge is 2.38. The predicted molar refractivity (Wildman–Crippen MR) is 124 cm³/mol. The Morgan fingerprint density at radius 1 is 1.15 bits per heavy atom. The van der Waals surface area contributed by atoms with E-state index in [-0.39, 0.29) is 25.0 Å². The van der Waals surface area contributed by atoms with Gasteiger partial charge in [0.1, 0.15) is 18.7 Å². The lowest BCUT2D eigenvalue weighted by Gasteiger charge is -2.17. The Balaban J connectivity index is 1.39. The molecule has 0 aliphatic carbocycles. The fraction of sp³-hybridized carbons (Fsp3) is 0.240. The van der Waals surface area contributed by atoms with Gasteiger partial charge in [-0.05, 0) is 30.7 Å². The Kier molecular flexibility index (Phi) is 5.36. The molecule has 1 aliphatic heterocycles. The highest BCUT2D eigenvalue weighted by Crippen LogP contribution is 2.35. The van der Waals surface area contributed by atoms with E-state index in [0.717, 1.165) is 0 Å². The number of aromatic nitrogens is 4. The number of rotatable bonds is 6. The predicted octanol–water partition coefficient (Wildman–Crippen LogP) is 4.00. The number of benzene rings is 2. The quantitative estimate of drug-likeness (QED) is 0.433. The molecule has 1 saturated heterocycles. The normalized spacial score (nSPS) is 21.5. The lowest BCUT2D eigenvalue weighted by molar-refractivity contribution is -0.0285. The molecule has 4 atom stereocenters. The second kappa shape index (κ2) is 9.40. The molecule has 4 aromatic rings. The van der Waals surface area contributed by atoms with Crippen molar-refractivity contribution in [3.05, 3.63) is 84.4 Å². The number of carbonyl (C=O) groups is 2. The molecule has 1 aliphatic rings. The second-order valence-electron chi connectivity index (χ2n) is 7.70. The summed E-state index contributed by atoms with van der Waals surface area (Å²) in [4.78, 5) is 38.2. The molecular formula is C25H23N5O4. The smallest absolute Gasteiger partial charge is 0.338 e. The minimum Gasteiger partial charge on any atom is -0.456 e. The molecule has 172 valence electrons. The molecule has 0 spiro atoms. The van der Waals surface area contributed by atoms with Crippen LogP contribution in [-0.2, 0) is 9.47 Å². The number of nitrogens with one attached hydrogen (secondary N) is 1. The molecule has 9 nitrogen and oxygen atoms in total. The van der Waals surface area contributed by atoms with Gasteiger partial charge in [-0.2, -0.15) is 0 Å². The molecule has 0 bridgehead atoms. The molecule has 1 N–H and O–H groups in total. The third-order valence-electron chi connectivity index (χ3n) is 5.55. The zero-order valence-electron chi connectivity index (χ0n) is 20.1. The lowest BCUT2D eigenvalue weighted by atomic mass is 10.1. The number of fused-ring (bicyclic) bond motifs is 1. The van der Waals surface area contributed by atoms with Gasteiger partial charge in [-0.15, -0.1) is 0 Å². The van der Waals surface area contributed by atoms with Crippen molar-refractivity contribution in [3.63, 3.8) is 0 Å². The number of imidazole rings is 1. The van der Waals surface area contributed by atoms with Gasteiger partial charge in [0.15, 0.2) is 17.0 Å². The largest absolute Gasteiger partial charge is 0.456 e. The Bertz CT molecular complexity index is 1370. The molecule has 3 heterocycles. The maximum atomic E-state index is 12.7. The number of hydrogen-bond acceptors (Lipinski definition) is 7. The number of amides is 1. The van der Waals surface area contributed by atoms with E-state index in [0.29, 0.717) is 22.3 Å². The van der Waals surface area contributed by atoms with Crippen LogP contribution in [-0.4, -0.2) is 43.6 Å². The summed E-state index contributed by atoms with van der Waals surface area (Å²) in [6.07, 6.45) is 0.00975. The summed E-state index contributed by atoms with van der Waals surface area (Å²) < 4.78 is 29.4. The summed E-state index contributed by atoms with van der Waals surface area (Å²) in [5, 5.41) is 2.76. The minimum absolute atomic E-state index is 0.209. The molecule has 0 saturated carbocycles. The van der Waals surface area contributed by atoms with Crippen LogP contribution in [0.3, 0.4) is 0 Å². The molecular weight excluding hydrogens is 434 g/mol. The fourth-order valence-corrected chi connectivity index (χ4v) is 3.86. The molecule has 9 heteroatoms. The van der Waals surface area contributed by atoms with E-state index in [1.54, 1.807) is 59.2 Å². The van der Waals surface area contributed by atoms with Crippen LogP contribution in [0.2, 0.25) is 0 Å². The first-order valence-corrected chi connectivity index (χ1v) is 10.7. The summed E-state index contributed by atoms with van der Waals surface area (Å²) in [6.45, 7) is -0.209. The molecule has 0 radical (unpaired) electrons. The molecule has 2 aromatic carbocycles. The van der Waals surface area contributed by atoms with E-state index in [9.17, 15) is 9.59 Å². The van der Waals surface area contributed by atoms with Crippen molar-refractivity contribution in [1.29, 1.82) is 0 Å². The van der Waals surface area contributed by atoms with Gasteiger partial charge in [-0.1, -0.05) is 43.3 Å². The van der Waals surface area contributed by atoms with Gasteiger partial charge in [0.25, 0.3) is 5.91 Å². The number of carbonyl (C=O) groups excluding carboxylic acids is 2. The fourth-order valence-electron chi connectivity index (χ4n) is 3.86. The molecule has 1 fully saturated rings. The van der Waals surface area contributed by atoms with Crippen LogP contribution in [0.4, 0.5) is 5.82 Å². The number of anilines is 1. The summed E-state index contributed by atoms with van der Waals surface area (Å²) in [6, 6.07) is 17.3. The third-order valence-corrected chi connectivity index (χ3v) is 5.55. The second-order valence-corrected chi connectivity index (χ2v) is 7.70. The van der Waals surface area contributed by atoms with Gasteiger partial charge in [0.2, 0.25) is 0 Å². The molecule has 1 amide bonds. The van der Waals surface area contributed by atoms with Crippen LogP contribution in [0, 0.1) is 0 Å². The van der Waals surface area contributed by atoms with Crippen molar-refractivity contribution in [3.8, 4) is 0 Å². The van der Waals surface area contributed by atoms with Gasteiger partial charge in [-0.25, -0.2) is 19.7 Å². The number of nitrogens with zero attached hydrogens (tertiary/aromatic N) is 4. The van der Waals surface area contributed by atoms with Crippen molar-refractivity contribution < 1.29 is 21.8 Å². The van der Waals surface area contributed by atoms with Crippen molar-refractivity contribution in [1.82, 2.24) is 19.5 Å². The summed E-state index contributed by atoms with van der Waals surface area (Å²) in [5.74, 6) is -0.600. The summed E-state index contributed by atoms with van der Waals surface area (Å²) in [7, 11) is 0. The Morgan fingerprint density at radius 2 is 1.88 bits per heavy atom. The number of esters is 1. The van der Waals surface area contributed by atoms with Crippen LogP contribution in [0.25, 0.3) is 11.2 Å². The van der Waals surface area contributed by atoms with Crippen molar-refractivity contribution in [2.24, 2.45) is 0 Å². The third kappa shape index (κ3) is 4.25. The van der Waals surface area contributed by atoms with Gasteiger partial charge < -0.3 is 14.8 Å². The first kappa shape index (κ1) is 19.4. The summed E-state index contributed by atoms with van der Waals surface area (Å²) >= 11 is 0. The molecule has 2 unspecified atom stereocenters. The van der Waals surface area contributed by atoms with Crippen molar-refractivity contribution in [2.75, 3.05) is 5.32 Å². The van der Waals surface area contributed by atoms with E-state index >= 15 is 0 Å². The zero-order valence-corrected chi connectivity index (χ0v) is 18.1. The summed E-state index contributed by atoms with van der Waals surface area (Å²) in [5.41, 5.74) is 1.66. The van der Waals surface area contributed by atoms with Crippen molar-refractivity contribution >= 4 is 28.9 Å². The zero-order chi connectivity index (χ0) is 25.1. The highest BCUT2D eigenvalue weighted by atomic mass is 16.6. The minimum atomic E-state index is -0.909. The maximum Gasteiger partial charge on any atom is 0.338 e. The SMILES string of the molecule is [2H]C(C[3H])[C@H]1O[C@@H](n2cnc3c(NC(=O)c4ccccc4)ncnc32)CC1OC(=O)c1ccccc1. The first-order chi connectivity index (χ1) is 17.5. The van der Waals surface area contributed by atoms with Crippen LogP contribution < -0.4 is 5.32 Å². The number of hydrogen-bond donors (Lipinski definition) is 1. The van der Waals surface area contributed by atoms with Crippen LogP contribution in [0.5, 0.6) is 0 Å². The van der Waals surface area contributed by atoms with E-state index < -0.39 is 30.8 Å². The highest BCUT2D eigenvalue weighted by molar-refractivity contribution is 6.06. The van der Waals surface area contributed by atoms with Crippen LogP contribution >= 0.6 is 0 Å². The topological polar surface area (TPSA) is 108 Å². The number of ether oxygens (including phenoxy) is 2. The van der Waals surface area contributed by atoms with Gasteiger partial charge in [0.05, 0.1) is 18.0 Å². The van der Waals surface area contributed by atoms with Crippen LogP contribution in [0.1, 0.15) is 49.4 Å². The average molecular weight is 461 g/mol. The Hall–Kier alpha value is -4.11.